The highest BCUT2D eigenvalue weighted by molar-refractivity contribution is 5.77. The van der Waals surface area contributed by atoms with Crippen LogP contribution in [-0.2, 0) is 4.79 Å². The Balaban J connectivity index is 0.000000115. The van der Waals surface area contributed by atoms with Crippen LogP contribution in [0, 0.1) is 0 Å². The van der Waals surface area contributed by atoms with Gasteiger partial charge in [-0.15, -0.1) is 0 Å². The molecule has 0 aromatic carbocycles. The number of hydrogen-bond acceptors (Lipinski definition) is 3. The van der Waals surface area contributed by atoms with Crippen molar-refractivity contribution in [3.63, 3.8) is 0 Å². The average Bonchev–Trinajstić information content (AvgIpc) is 3.07. The molecule has 0 bridgehead atoms. The first kappa shape index (κ1) is 10.5. The Hall–Kier alpha value is -0.610. The zero-order valence-electron chi connectivity index (χ0n) is 8.31. The maximum Gasteiger partial charge on any atom is 0.222 e. The van der Waals surface area contributed by atoms with Crippen molar-refractivity contribution in [3.05, 3.63) is 0 Å². The van der Waals surface area contributed by atoms with E-state index >= 15 is 0 Å². The van der Waals surface area contributed by atoms with E-state index in [1.807, 2.05) is 11.8 Å². The summed E-state index contributed by atoms with van der Waals surface area (Å²) < 4.78 is 0. The second kappa shape index (κ2) is 5.94. The number of amides is 1. The minimum Gasteiger partial charge on any atom is -0.339 e. The molecule has 1 amide bonds. The van der Waals surface area contributed by atoms with Gasteiger partial charge in [0.1, 0.15) is 0 Å². The first-order valence-corrected chi connectivity index (χ1v) is 5.04. The van der Waals surface area contributed by atoms with E-state index in [1.165, 1.54) is 26.2 Å². The van der Waals surface area contributed by atoms with Gasteiger partial charge in [-0.2, -0.15) is 0 Å². The fraction of sp³-hybridized carbons (Fsp3) is 0.889. The van der Waals surface area contributed by atoms with E-state index in [1.54, 1.807) is 0 Å². The van der Waals surface area contributed by atoms with Crippen LogP contribution < -0.4 is 10.6 Å². The Bertz CT molecular complexity index is 141. The first-order valence-electron chi connectivity index (χ1n) is 5.04. The van der Waals surface area contributed by atoms with Crippen LogP contribution in [0.3, 0.4) is 0 Å². The topological polar surface area (TPSA) is 64.0 Å². The van der Waals surface area contributed by atoms with Crippen molar-refractivity contribution in [3.8, 4) is 0 Å². The molecule has 3 rings (SSSR count). The Morgan fingerprint density at radius 1 is 1.15 bits per heavy atom. The number of carbonyl (C=O) groups is 1. The maximum absolute atomic E-state index is 10.5. The van der Waals surface area contributed by atoms with Crippen LogP contribution in [-0.4, -0.2) is 50.1 Å². The van der Waals surface area contributed by atoms with Gasteiger partial charge in [0.05, 0.1) is 0 Å². The standard InChI is InChI=1S/C5H9NO.2C2H5N/c1-2-5(7)6-3-4-6;2*1-2-3-1/h2-4H2,1H3;2*3H,1-2H2. The molecule has 76 valence electrons. The van der Waals surface area contributed by atoms with E-state index in [-0.39, 0.29) is 0 Å². The van der Waals surface area contributed by atoms with Gasteiger partial charge in [-0.25, -0.2) is 0 Å². The molecule has 4 nitrogen and oxygen atoms in total. The van der Waals surface area contributed by atoms with Crippen molar-refractivity contribution < 1.29 is 4.79 Å². The highest BCUT2D eigenvalue weighted by Crippen LogP contribution is 2.04. The summed E-state index contributed by atoms with van der Waals surface area (Å²) in [6.07, 6.45) is 0.667. The molecule has 13 heavy (non-hydrogen) atoms. The Kier molecular flexibility index (Phi) is 4.78. The van der Waals surface area contributed by atoms with Crippen LogP contribution in [0.4, 0.5) is 0 Å². The third-order valence-electron chi connectivity index (χ3n) is 1.60. The summed E-state index contributed by atoms with van der Waals surface area (Å²) in [7, 11) is 0. The number of nitrogens with zero attached hydrogens (tertiary/aromatic N) is 1. The molecule has 0 aromatic rings. The van der Waals surface area contributed by atoms with Crippen molar-refractivity contribution in [1.82, 2.24) is 15.5 Å². The number of nitrogens with one attached hydrogen (secondary N) is 2. The van der Waals surface area contributed by atoms with E-state index in [0.717, 1.165) is 13.1 Å². The minimum atomic E-state index is 0.292. The number of hydrogen-bond donors (Lipinski definition) is 2. The molecule has 0 aromatic heterocycles. The van der Waals surface area contributed by atoms with Gasteiger partial charge in [0, 0.05) is 45.7 Å². The van der Waals surface area contributed by atoms with Crippen molar-refractivity contribution in [1.29, 1.82) is 0 Å². The smallest absolute Gasteiger partial charge is 0.222 e. The molecule has 0 saturated carbocycles. The molecule has 0 aliphatic carbocycles. The van der Waals surface area contributed by atoms with Crippen LogP contribution in [0.25, 0.3) is 0 Å². The quantitative estimate of drug-likeness (QED) is 0.537. The van der Waals surface area contributed by atoms with E-state index in [0.29, 0.717) is 12.3 Å². The molecule has 3 heterocycles. The monoisotopic (exact) mass is 185 g/mol. The largest absolute Gasteiger partial charge is 0.339 e. The molecule has 3 saturated heterocycles. The summed E-state index contributed by atoms with van der Waals surface area (Å²) in [6, 6.07) is 0. The summed E-state index contributed by atoms with van der Waals surface area (Å²) >= 11 is 0. The summed E-state index contributed by atoms with van der Waals surface area (Å²) in [5, 5.41) is 6.00. The number of carbonyl (C=O) groups excluding carboxylic acids is 1. The predicted octanol–water partition coefficient (Wildman–Crippen LogP) is -0.582. The molecule has 2 N–H and O–H groups in total. The fourth-order valence-corrected chi connectivity index (χ4v) is 0.523. The lowest BCUT2D eigenvalue weighted by Gasteiger charge is -1.91. The Morgan fingerprint density at radius 3 is 1.62 bits per heavy atom. The van der Waals surface area contributed by atoms with E-state index in [4.69, 9.17) is 0 Å². The van der Waals surface area contributed by atoms with Gasteiger partial charge < -0.3 is 15.5 Å². The average molecular weight is 185 g/mol. The van der Waals surface area contributed by atoms with Crippen LogP contribution in [0.1, 0.15) is 13.3 Å². The summed E-state index contributed by atoms with van der Waals surface area (Å²) in [5.74, 6) is 0.292. The molecular formula is C9H19N3O. The van der Waals surface area contributed by atoms with E-state index in [2.05, 4.69) is 10.6 Å². The summed E-state index contributed by atoms with van der Waals surface area (Å²) in [6.45, 7) is 8.88. The molecule has 0 radical (unpaired) electrons. The third-order valence-corrected chi connectivity index (χ3v) is 1.60. The van der Waals surface area contributed by atoms with Gasteiger partial charge in [0.15, 0.2) is 0 Å². The van der Waals surface area contributed by atoms with Gasteiger partial charge in [-0.3, -0.25) is 4.79 Å². The predicted molar refractivity (Wildman–Crippen MR) is 52.6 cm³/mol. The van der Waals surface area contributed by atoms with Crippen molar-refractivity contribution in [2.75, 3.05) is 39.3 Å². The van der Waals surface area contributed by atoms with Gasteiger partial charge in [0.25, 0.3) is 0 Å². The second-order valence-electron chi connectivity index (χ2n) is 3.23. The van der Waals surface area contributed by atoms with Gasteiger partial charge >= 0.3 is 0 Å². The molecule has 4 heteroatoms. The van der Waals surface area contributed by atoms with Crippen molar-refractivity contribution in [2.24, 2.45) is 0 Å². The van der Waals surface area contributed by atoms with Crippen LogP contribution in [0.2, 0.25) is 0 Å². The highest BCUT2D eigenvalue weighted by atomic mass is 16.2. The van der Waals surface area contributed by atoms with Crippen LogP contribution in [0.15, 0.2) is 0 Å². The summed E-state index contributed by atoms with van der Waals surface area (Å²) in [4.78, 5) is 12.3. The second-order valence-corrected chi connectivity index (χ2v) is 3.23. The molecular weight excluding hydrogens is 166 g/mol. The Morgan fingerprint density at radius 2 is 1.54 bits per heavy atom. The summed E-state index contributed by atoms with van der Waals surface area (Å²) in [5.41, 5.74) is 0. The molecule has 3 aliphatic heterocycles. The maximum atomic E-state index is 10.5. The van der Waals surface area contributed by atoms with Crippen molar-refractivity contribution in [2.45, 2.75) is 13.3 Å². The van der Waals surface area contributed by atoms with Crippen LogP contribution in [0.5, 0.6) is 0 Å². The van der Waals surface area contributed by atoms with E-state index < -0.39 is 0 Å². The zero-order chi connectivity index (χ0) is 9.52. The Labute approximate surface area is 79.7 Å². The number of rotatable bonds is 1. The SMILES string of the molecule is C1CN1.C1CN1.CCC(=O)N1CC1. The lowest BCUT2D eigenvalue weighted by Crippen LogP contribution is -2.06. The molecule has 0 atom stereocenters. The van der Waals surface area contributed by atoms with Gasteiger partial charge in [0.2, 0.25) is 5.91 Å². The molecule has 3 aliphatic rings. The normalized spacial score (nSPS) is 20.2. The van der Waals surface area contributed by atoms with Crippen molar-refractivity contribution >= 4 is 5.91 Å². The lowest BCUT2D eigenvalue weighted by atomic mass is 10.5. The van der Waals surface area contributed by atoms with Gasteiger partial charge in [-0.05, 0) is 0 Å². The lowest BCUT2D eigenvalue weighted by molar-refractivity contribution is -0.125. The molecule has 3 fully saturated rings. The third kappa shape index (κ3) is 9.30. The molecule has 0 unspecified atom stereocenters. The van der Waals surface area contributed by atoms with Crippen LogP contribution >= 0.6 is 0 Å². The fourth-order valence-electron chi connectivity index (χ4n) is 0.523. The zero-order valence-corrected chi connectivity index (χ0v) is 8.31. The molecule has 0 spiro atoms. The minimum absolute atomic E-state index is 0.292. The van der Waals surface area contributed by atoms with E-state index in [9.17, 15) is 4.79 Å². The highest BCUT2D eigenvalue weighted by Gasteiger charge is 2.21. The first-order chi connectivity index (χ1) is 6.34. The van der Waals surface area contributed by atoms with Gasteiger partial charge in [-0.1, -0.05) is 6.92 Å².